The molecule has 2 rings (SSSR count). The van der Waals surface area contributed by atoms with Crippen LogP contribution in [0.4, 0.5) is 15.9 Å². The third-order valence-electron chi connectivity index (χ3n) is 2.59. The minimum Gasteiger partial charge on any atom is -0.462 e. The number of carbonyl (C=O) groups excluding carboxylic acids is 1. The summed E-state index contributed by atoms with van der Waals surface area (Å²) in [6.07, 6.45) is 1.42. The molecule has 0 spiro atoms. The van der Waals surface area contributed by atoms with E-state index in [0.717, 1.165) is 5.56 Å². The highest BCUT2D eigenvalue weighted by Gasteiger charge is 2.07. The number of nitrogens with zero attached hydrogens (tertiary/aromatic N) is 1. The first kappa shape index (κ1) is 14.0. The van der Waals surface area contributed by atoms with Crippen LogP contribution in [-0.4, -0.2) is 17.6 Å². The number of carbonyl (C=O) groups is 1. The summed E-state index contributed by atoms with van der Waals surface area (Å²) in [5.41, 5.74) is 1.81. The van der Waals surface area contributed by atoms with E-state index in [1.165, 1.54) is 18.3 Å². The number of hydrogen-bond donors (Lipinski definition) is 1. The van der Waals surface area contributed by atoms with Crippen LogP contribution in [0.5, 0.6) is 0 Å². The maximum atomic E-state index is 13.3. The van der Waals surface area contributed by atoms with E-state index in [2.05, 4.69) is 10.3 Å². The molecule has 1 aromatic heterocycles. The average Bonchev–Trinajstić information content (AvgIpc) is 2.38. The Balaban J connectivity index is 2.12. The molecule has 20 heavy (non-hydrogen) atoms. The van der Waals surface area contributed by atoms with E-state index in [-0.39, 0.29) is 5.82 Å². The van der Waals surface area contributed by atoms with Gasteiger partial charge in [0.05, 0.1) is 12.2 Å². The number of anilines is 2. The summed E-state index contributed by atoms with van der Waals surface area (Å²) in [4.78, 5) is 15.6. The monoisotopic (exact) mass is 274 g/mol. The molecular weight excluding hydrogens is 259 g/mol. The van der Waals surface area contributed by atoms with Crippen molar-refractivity contribution in [3.63, 3.8) is 0 Å². The number of halogens is 1. The molecule has 1 N–H and O–H groups in total. The first-order chi connectivity index (χ1) is 9.58. The van der Waals surface area contributed by atoms with Crippen molar-refractivity contribution in [1.82, 2.24) is 4.98 Å². The highest BCUT2D eigenvalue weighted by Crippen LogP contribution is 2.18. The van der Waals surface area contributed by atoms with Crippen LogP contribution in [0.2, 0.25) is 0 Å². The molecule has 2 aromatic rings. The van der Waals surface area contributed by atoms with Gasteiger partial charge < -0.3 is 10.1 Å². The lowest BCUT2D eigenvalue weighted by Gasteiger charge is -2.07. The molecule has 0 aliphatic heterocycles. The Hall–Kier alpha value is -2.43. The van der Waals surface area contributed by atoms with Crippen molar-refractivity contribution in [2.75, 3.05) is 11.9 Å². The Morgan fingerprint density at radius 1 is 1.35 bits per heavy atom. The van der Waals surface area contributed by atoms with Gasteiger partial charge in [-0.3, -0.25) is 0 Å². The molecule has 0 atom stereocenters. The van der Waals surface area contributed by atoms with Gasteiger partial charge in [-0.1, -0.05) is 0 Å². The summed E-state index contributed by atoms with van der Waals surface area (Å²) >= 11 is 0. The van der Waals surface area contributed by atoms with E-state index in [1.807, 2.05) is 13.0 Å². The van der Waals surface area contributed by atoms with Crippen LogP contribution in [0.1, 0.15) is 22.8 Å². The van der Waals surface area contributed by atoms with Gasteiger partial charge in [-0.15, -0.1) is 0 Å². The first-order valence-electron chi connectivity index (χ1n) is 6.26. The van der Waals surface area contributed by atoms with Crippen molar-refractivity contribution in [3.8, 4) is 0 Å². The zero-order valence-electron chi connectivity index (χ0n) is 11.3. The van der Waals surface area contributed by atoms with Gasteiger partial charge in [-0.05, 0) is 49.7 Å². The molecule has 0 radical (unpaired) electrons. The van der Waals surface area contributed by atoms with E-state index < -0.39 is 5.97 Å². The summed E-state index contributed by atoms with van der Waals surface area (Å²) in [6.45, 7) is 3.88. The predicted octanol–water partition coefficient (Wildman–Crippen LogP) is 3.45. The molecule has 0 amide bonds. The van der Waals surface area contributed by atoms with Crippen molar-refractivity contribution in [2.45, 2.75) is 13.8 Å². The maximum Gasteiger partial charge on any atom is 0.339 e. The van der Waals surface area contributed by atoms with Crippen molar-refractivity contribution < 1.29 is 13.9 Å². The van der Waals surface area contributed by atoms with Gasteiger partial charge in [-0.2, -0.15) is 0 Å². The molecule has 0 unspecified atom stereocenters. The van der Waals surface area contributed by atoms with E-state index >= 15 is 0 Å². The molecule has 104 valence electrons. The second-order valence-electron chi connectivity index (χ2n) is 4.29. The SMILES string of the molecule is CCOC(=O)c1ccc(Nc2cc(C)cc(F)c2)nc1. The first-order valence-corrected chi connectivity index (χ1v) is 6.26. The van der Waals surface area contributed by atoms with Gasteiger partial charge in [0.25, 0.3) is 0 Å². The highest BCUT2D eigenvalue weighted by atomic mass is 19.1. The van der Waals surface area contributed by atoms with Gasteiger partial charge in [0.1, 0.15) is 11.6 Å². The number of rotatable bonds is 4. The van der Waals surface area contributed by atoms with Crippen molar-refractivity contribution in [2.24, 2.45) is 0 Å². The highest BCUT2D eigenvalue weighted by molar-refractivity contribution is 5.89. The Bertz CT molecular complexity index is 592. The second kappa shape index (κ2) is 6.14. The van der Waals surface area contributed by atoms with Crippen LogP contribution in [-0.2, 0) is 4.74 Å². The topological polar surface area (TPSA) is 51.2 Å². The molecule has 4 nitrogen and oxygen atoms in total. The lowest BCUT2D eigenvalue weighted by atomic mass is 10.2. The predicted molar refractivity (Wildman–Crippen MR) is 74.6 cm³/mol. The molecule has 0 aliphatic carbocycles. The number of hydrogen-bond acceptors (Lipinski definition) is 4. The molecule has 0 fully saturated rings. The van der Waals surface area contributed by atoms with Crippen molar-refractivity contribution in [3.05, 3.63) is 53.5 Å². The number of ether oxygens (including phenoxy) is 1. The van der Waals surface area contributed by atoms with E-state index in [9.17, 15) is 9.18 Å². The lowest BCUT2D eigenvalue weighted by Crippen LogP contribution is -2.05. The summed E-state index contributed by atoms with van der Waals surface area (Å²) in [7, 11) is 0. The number of aryl methyl sites for hydroxylation is 1. The van der Waals surface area contributed by atoms with Gasteiger partial charge in [-0.25, -0.2) is 14.2 Å². The second-order valence-corrected chi connectivity index (χ2v) is 4.29. The zero-order chi connectivity index (χ0) is 14.5. The molecule has 0 saturated heterocycles. The fourth-order valence-electron chi connectivity index (χ4n) is 1.76. The van der Waals surface area contributed by atoms with Crippen LogP contribution < -0.4 is 5.32 Å². The summed E-state index contributed by atoms with van der Waals surface area (Å²) in [5, 5.41) is 2.98. The summed E-state index contributed by atoms with van der Waals surface area (Å²) in [5.74, 6) is -0.188. The molecule has 0 saturated carbocycles. The Morgan fingerprint density at radius 3 is 2.75 bits per heavy atom. The van der Waals surface area contributed by atoms with Crippen LogP contribution in [0.3, 0.4) is 0 Å². The van der Waals surface area contributed by atoms with E-state index in [4.69, 9.17) is 4.74 Å². The third-order valence-corrected chi connectivity index (χ3v) is 2.59. The number of benzene rings is 1. The summed E-state index contributed by atoms with van der Waals surface area (Å²) < 4.78 is 18.1. The molecule has 1 aromatic carbocycles. The Morgan fingerprint density at radius 2 is 2.15 bits per heavy atom. The minimum absolute atomic E-state index is 0.310. The molecule has 1 heterocycles. The maximum absolute atomic E-state index is 13.3. The van der Waals surface area contributed by atoms with E-state index in [0.29, 0.717) is 23.7 Å². The minimum atomic E-state index is -0.409. The van der Waals surface area contributed by atoms with Crippen molar-refractivity contribution in [1.29, 1.82) is 0 Å². The number of pyridine rings is 1. The molecule has 0 bridgehead atoms. The van der Waals surface area contributed by atoms with Gasteiger partial charge >= 0.3 is 5.97 Å². The third kappa shape index (κ3) is 3.54. The van der Waals surface area contributed by atoms with Crippen LogP contribution in [0, 0.1) is 12.7 Å². The summed E-state index contributed by atoms with van der Waals surface area (Å²) in [6, 6.07) is 7.90. The number of aromatic nitrogens is 1. The Kier molecular flexibility index (Phi) is 4.30. The fraction of sp³-hybridized carbons (Fsp3) is 0.200. The smallest absolute Gasteiger partial charge is 0.339 e. The molecule has 0 aliphatic rings. The fourth-order valence-corrected chi connectivity index (χ4v) is 1.76. The van der Waals surface area contributed by atoms with Gasteiger partial charge in [0.15, 0.2) is 0 Å². The normalized spacial score (nSPS) is 10.2. The number of nitrogens with one attached hydrogen (secondary N) is 1. The van der Waals surface area contributed by atoms with Gasteiger partial charge in [0.2, 0.25) is 0 Å². The average molecular weight is 274 g/mol. The quantitative estimate of drug-likeness (QED) is 0.868. The standard InChI is InChI=1S/C15H15FN2O2/c1-3-20-15(19)11-4-5-14(17-9-11)18-13-7-10(2)6-12(16)8-13/h4-9H,3H2,1-2H3,(H,17,18). The largest absolute Gasteiger partial charge is 0.462 e. The van der Waals surface area contributed by atoms with Crippen LogP contribution in [0.15, 0.2) is 36.5 Å². The Labute approximate surface area is 116 Å². The van der Waals surface area contributed by atoms with Gasteiger partial charge in [0, 0.05) is 11.9 Å². The lowest BCUT2D eigenvalue weighted by molar-refractivity contribution is 0.0526. The molecular formula is C15H15FN2O2. The molecule has 5 heteroatoms. The van der Waals surface area contributed by atoms with Crippen molar-refractivity contribution >= 4 is 17.5 Å². The van der Waals surface area contributed by atoms with E-state index in [1.54, 1.807) is 19.1 Å². The number of esters is 1. The van der Waals surface area contributed by atoms with Crippen LogP contribution in [0.25, 0.3) is 0 Å². The zero-order valence-corrected chi connectivity index (χ0v) is 11.3. The van der Waals surface area contributed by atoms with Crippen LogP contribution >= 0.6 is 0 Å².